The van der Waals surface area contributed by atoms with Crippen LogP contribution in [0.5, 0.6) is 5.75 Å². The zero-order chi connectivity index (χ0) is 10.2. The number of phenolic OH excluding ortho intramolecular Hbond substituents is 1. The third-order valence-corrected chi connectivity index (χ3v) is 2.37. The summed E-state index contributed by atoms with van der Waals surface area (Å²) in [5.41, 5.74) is 0.436. The average Bonchev–Trinajstić information content (AvgIpc) is 2.48. The summed E-state index contributed by atoms with van der Waals surface area (Å²) in [7, 11) is 0. The summed E-state index contributed by atoms with van der Waals surface area (Å²) in [5.74, 6) is 0.211. The van der Waals surface area contributed by atoms with Gasteiger partial charge in [-0.15, -0.1) is 0 Å². The van der Waals surface area contributed by atoms with Crippen molar-refractivity contribution < 1.29 is 14.6 Å². The van der Waals surface area contributed by atoms with Gasteiger partial charge in [-0.1, -0.05) is 12.1 Å². The number of ether oxygens (including phenoxy) is 1. The van der Waals surface area contributed by atoms with Crippen LogP contribution >= 0.6 is 0 Å². The van der Waals surface area contributed by atoms with Gasteiger partial charge in [-0.3, -0.25) is 0 Å². The first kappa shape index (κ1) is 8.87. The molecule has 1 aliphatic rings. The van der Waals surface area contributed by atoms with E-state index in [1.165, 1.54) is 0 Å². The molecule has 2 rings (SSSR count). The average molecular weight is 193 g/mol. The third-order valence-electron chi connectivity index (χ3n) is 2.37. The van der Waals surface area contributed by atoms with Crippen LogP contribution in [0.15, 0.2) is 24.3 Å². The summed E-state index contributed by atoms with van der Waals surface area (Å²) < 4.78 is 4.84. The number of alkyl carbamates (subject to hydrolysis) is 1. The van der Waals surface area contributed by atoms with Crippen molar-refractivity contribution in [2.24, 2.45) is 0 Å². The summed E-state index contributed by atoms with van der Waals surface area (Å²) >= 11 is 0. The normalized spacial score (nSPS) is 25.6. The standard InChI is InChI=1S/C10H11NO3/c1-10(6-14-9(13)11-10)7-2-4-8(12)5-3-7/h2-5,12H,6H2,1H3,(H,11,13)/t10-/m0/s1. The molecule has 0 aromatic heterocycles. The molecule has 4 nitrogen and oxygen atoms in total. The smallest absolute Gasteiger partial charge is 0.408 e. The number of aromatic hydroxyl groups is 1. The molecule has 1 aliphatic heterocycles. The number of amides is 1. The minimum Gasteiger partial charge on any atom is -0.508 e. The van der Waals surface area contributed by atoms with Crippen LogP contribution in [0.25, 0.3) is 0 Å². The van der Waals surface area contributed by atoms with Crippen LogP contribution in [-0.2, 0) is 10.3 Å². The lowest BCUT2D eigenvalue weighted by atomic mass is 9.94. The third kappa shape index (κ3) is 1.39. The second-order valence-corrected chi connectivity index (χ2v) is 3.58. The summed E-state index contributed by atoms with van der Waals surface area (Å²) in [5, 5.41) is 11.8. The van der Waals surface area contributed by atoms with Gasteiger partial charge < -0.3 is 15.2 Å². The number of hydrogen-bond acceptors (Lipinski definition) is 3. The molecule has 0 radical (unpaired) electrons. The van der Waals surface area contributed by atoms with Gasteiger partial charge in [0.2, 0.25) is 0 Å². The lowest BCUT2D eigenvalue weighted by Crippen LogP contribution is -2.37. The van der Waals surface area contributed by atoms with Crippen molar-refractivity contribution in [3.8, 4) is 5.75 Å². The second kappa shape index (κ2) is 2.90. The molecule has 0 bridgehead atoms. The highest BCUT2D eigenvalue weighted by molar-refractivity contribution is 5.71. The van der Waals surface area contributed by atoms with Gasteiger partial charge in [0.1, 0.15) is 12.4 Å². The van der Waals surface area contributed by atoms with Gasteiger partial charge in [0, 0.05) is 0 Å². The van der Waals surface area contributed by atoms with Crippen molar-refractivity contribution in [3.05, 3.63) is 29.8 Å². The van der Waals surface area contributed by atoms with Crippen LogP contribution in [0.3, 0.4) is 0 Å². The van der Waals surface area contributed by atoms with E-state index in [2.05, 4.69) is 5.32 Å². The van der Waals surface area contributed by atoms with Crippen LogP contribution in [-0.4, -0.2) is 17.8 Å². The van der Waals surface area contributed by atoms with Crippen molar-refractivity contribution in [2.75, 3.05) is 6.61 Å². The van der Waals surface area contributed by atoms with E-state index in [1.54, 1.807) is 24.3 Å². The molecule has 74 valence electrons. The summed E-state index contributed by atoms with van der Waals surface area (Å²) in [6.45, 7) is 2.20. The quantitative estimate of drug-likeness (QED) is 0.707. The van der Waals surface area contributed by atoms with Crippen LogP contribution < -0.4 is 5.32 Å². The first-order valence-electron chi connectivity index (χ1n) is 4.35. The molecule has 1 amide bonds. The van der Waals surface area contributed by atoms with Crippen molar-refractivity contribution in [2.45, 2.75) is 12.5 Å². The number of phenols is 1. The monoisotopic (exact) mass is 193 g/mol. The first-order valence-corrected chi connectivity index (χ1v) is 4.35. The Morgan fingerprint density at radius 1 is 1.43 bits per heavy atom. The van der Waals surface area contributed by atoms with Crippen LogP contribution in [0, 0.1) is 0 Å². The molecule has 1 atom stereocenters. The molecule has 1 aromatic carbocycles. The largest absolute Gasteiger partial charge is 0.508 e. The zero-order valence-electron chi connectivity index (χ0n) is 7.78. The molecule has 2 N–H and O–H groups in total. The predicted octanol–water partition coefficient (Wildman–Crippen LogP) is 1.35. The molecule has 1 heterocycles. The van der Waals surface area contributed by atoms with E-state index in [-0.39, 0.29) is 5.75 Å². The Labute approximate surface area is 81.5 Å². The number of carbonyl (C=O) groups excluding carboxylic acids is 1. The van der Waals surface area contributed by atoms with E-state index in [9.17, 15) is 4.79 Å². The molecule has 14 heavy (non-hydrogen) atoms. The van der Waals surface area contributed by atoms with Gasteiger partial charge in [-0.05, 0) is 24.6 Å². The fraction of sp³-hybridized carbons (Fsp3) is 0.300. The molecule has 0 spiro atoms. The lowest BCUT2D eigenvalue weighted by Gasteiger charge is -2.21. The Morgan fingerprint density at radius 2 is 2.07 bits per heavy atom. The van der Waals surface area contributed by atoms with E-state index in [0.717, 1.165) is 5.56 Å². The maximum atomic E-state index is 10.9. The van der Waals surface area contributed by atoms with Crippen molar-refractivity contribution in [3.63, 3.8) is 0 Å². The lowest BCUT2D eigenvalue weighted by molar-refractivity contribution is 0.173. The Hall–Kier alpha value is -1.71. The molecule has 1 saturated heterocycles. The number of carbonyl (C=O) groups is 1. The van der Waals surface area contributed by atoms with Gasteiger partial charge in [-0.25, -0.2) is 4.79 Å². The molecule has 0 aliphatic carbocycles. The van der Waals surface area contributed by atoms with Crippen molar-refractivity contribution >= 4 is 6.09 Å². The summed E-state index contributed by atoms with van der Waals surface area (Å²) in [6, 6.07) is 6.71. The minimum absolute atomic E-state index is 0.211. The predicted molar refractivity (Wildman–Crippen MR) is 49.9 cm³/mol. The molecular formula is C10H11NO3. The van der Waals surface area contributed by atoms with Gasteiger partial charge in [0.25, 0.3) is 0 Å². The molecule has 0 saturated carbocycles. The summed E-state index contributed by atoms with van der Waals surface area (Å²) in [4.78, 5) is 10.9. The highest BCUT2D eigenvalue weighted by atomic mass is 16.6. The van der Waals surface area contributed by atoms with Gasteiger partial charge in [-0.2, -0.15) is 0 Å². The van der Waals surface area contributed by atoms with E-state index >= 15 is 0 Å². The fourth-order valence-electron chi connectivity index (χ4n) is 1.49. The van der Waals surface area contributed by atoms with Gasteiger partial charge in [0.05, 0.1) is 5.54 Å². The second-order valence-electron chi connectivity index (χ2n) is 3.58. The molecule has 1 fully saturated rings. The summed E-state index contributed by atoms with van der Waals surface area (Å²) in [6.07, 6.45) is -0.402. The van der Waals surface area contributed by atoms with E-state index in [1.807, 2.05) is 6.92 Å². The number of rotatable bonds is 1. The molecule has 1 aromatic rings. The van der Waals surface area contributed by atoms with Gasteiger partial charge in [0.15, 0.2) is 0 Å². The van der Waals surface area contributed by atoms with E-state index < -0.39 is 11.6 Å². The highest BCUT2D eigenvalue weighted by Crippen LogP contribution is 2.26. The van der Waals surface area contributed by atoms with Gasteiger partial charge >= 0.3 is 6.09 Å². The molecule has 4 heteroatoms. The van der Waals surface area contributed by atoms with Crippen LogP contribution in [0.4, 0.5) is 4.79 Å². The van der Waals surface area contributed by atoms with Crippen molar-refractivity contribution in [1.29, 1.82) is 0 Å². The van der Waals surface area contributed by atoms with Crippen LogP contribution in [0.1, 0.15) is 12.5 Å². The topological polar surface area (TPSA) is 58.6 Å². The minimum atomic E-state index is -0.481. The highest BCUT2D eigenvalue weighted by Gasteiger charge is 2.36. The number of cyclic esters (lactones) is 1. The van der Waals surface area contributed by atoms with Crippen molar-refractivity contribution in [1.82, 2.24) is 5.32 Å². The zero-order valence-corrected chi connectivity index (χ0v) is 7.78. The fourth-order valence-corrected chi connectivity index (χ4v) is 1.49. The number of hydrogen-bond donors (Lipinski definition) is 2. The first-order chi connectivity index (χ1) is 6.60. The molecular weight excluding hydrogens is 182 g/mol. The Balaban J connectivity index is 2.30. The molecule has 0 unspecified atom stereocenters. The van der Waals surface area contributed by atoms with E-state index in [0.29, 0.717) is 6.61 Å². The number of nitrogens with one attached hydrogen (secondary N) is 1. The Morgan fingerprint density at radius 3 is 2.57 bits per heavy atom. The Kier molecular flexibility index (Phi) is 1.84. The maximum absolute atomic E-state index is 10.9. The van der Waals surface area contributed by atoms with E-state index in [4.69, 9.17) is 9.84 Å². The SMILES string of the molecule is C[C@@]1(c2ccc(O)cc2)COC(=O)N1. The van der Waals surface area contributed by atoms with Crippen LogP contribution in [0.2, 0.25) is 0 Å². The Bertz CT molecular complexity index is 360. The maximum Gasteiger partial charge on any atom is 0.408 e. The number of benzene rings is 1.